The molecule has 0 unspecified atom stereocenters. The van der Waals surface area contributed by atoms with Crippen LogP contribution in [-0.4, -0.2) is 0 Å². The smallest absolute Gasteiger partial charge is 0.200 e. The van der Waals surface area contributed by atoms with E-state index in [2.05, 4.69) is 0 Å². The molecule has 1 rings (SSSR count). The first-order chi connectivity index (χ1) is 5.04. The van der Waals surface area contributed by atoms with Crippen LogP contribution in [0, 0.1) is 29.1 Å². The molecule has 0 fully saturated rings. The van der Waals surface area contributed by atoms with Gasteiger partial charge in [0, 0.05) is 22.6 Å². The van der Waals surface area contributed by atoms with Gasteiger partial charge in [-0.1, -0.05) is 0 Å². The molecule has 0 aliphatic heterocycles. The number of halogens is 5. The third-order valence-corrected chi connectivity index (χ3v) is 1.06. The van der Waals surface area contributed by atoms with Gasteiger partial charge in [-0.15, -0.1) is 0 Å². The van der Waals surface area contributed by atoms with Crippen molar-refractivity contribution < 1.29 is 38.4 Å². The molecule has 0 bridgehead atoms. The van der Waals surface area contributed by atoms with E-state index in [1.54, 1.807) is 0 Å². The van der Waals surface area contributed by atoms with E-state index in [1.807, 2.05) is 0 Å². The van der Waals surface area contributed by atoms with Crippen LogP contribution >= 0.6 is 0 Å². The Morgan fingerprint density at radius 1 is 0.667 bits per heavy atom. The topological polar surface area (TPSA) is 0 Å². The first-order valence-electron chi connectivity index (χ1n) is 2.52. The average molecular weight is 227 g/mol. The molecule has 0 nitrogen and oxygen atoms in total. The van der Waals surface area contributed by atoms with Crippen molar-refractivity contribution in [3.8, 4) is 0 Å². The summed E-state index contributed by atoms with van der Waals surface area (Å²) in [6.07, 6.45) is 0. The van der Waals surface area contributed by atoms with E-state index in [4.69, 9.17) is 0 Å². The van der Waals surface area contributed by atoms with Gasteiger partial charge in [0.15, 0.2) is 23.3 Å². The van der Waals surface area contributed by atoms with Gasteiger partial charge in [0.2, 0.25) is 5.82 Å². The Kier molecular flexibility index (Phi) is 3.65. The zero-order chi connectivity index (χ0) is 8.59. The van der Waals surface area contributed by atoms with Crippen LogP contribution in [0.4, 0.5) is 22.0 Å². The minimum absolute atomic E-state index is 0. The maximum Gasteiger partial charge on any atom is 0.200 e. The standard InChI is InChI=1S/C6HF5.Ni/c7-2-1-3(8)5(10)6(11)4(2)9;/h1H;. The summed E-state index contributed by atoms with van der Waals surface area (Å²) in [6, 6.07) is -0.0618. The van der Waals surface area contributed by atoms with Crippen LogP contribution in [0.5, 0.6) is 0 Å². The van der Waals surface area contributed by atoms with Gasteiger partial charge in [0.1, 0.15) is 0 Å². The summed E-state index contributed by atoms with van der Waals surface area (Å²) in [5.41, 5.74) is 0. The maximum atomic E-state index is 12.0. The number of rotatable bonds is 0. The van der Waals surface area contributed by atoms with E-state index < -0.39 is 29.1 Å². The van der Waals surface area contributed by atoms with E-state index in [1.165, 1.54) is 0 Å². The molecule has 12 heavy (non-hydrogen) atoms. The third kappa shape index (κ3) is 1.75. The van der Waals surface area contributed by atoms with Crippen LogP contribution in [-0.2, 0) is 16.5 Å². The van der Waals surface area contributed by atoms with Gasteiger partial charge < -0.3 is 0 Å². The Labute approximate surface area is 74.3 Å². The Morgan fingerprint density at radius 3 is 1.33 bits per heavy atom. The molecule has 70 valence electrons. The van der Waals surface area contributed by atoms with Crippen molar-refractivity contribution in [3.05, 3.63) is 35.2 Å². The second-order valence-electron chi connectivity index (χ2n) is 1.78. The Bertz CT molecular complexity index is 272. The molecule has 0 saturated heterocycles. The van der Waals surface area contributed by atoms with Gasteiger partial charge in [-0.2, -0.15) is 0 Å². The fourth-order valence-electron chi connectivity index (χ4n) is 0.544. The molecule has 0 saturated carbocycles. The van der Waals surface area contributed by atoms with Crippen molar-refractivity contribution in [1.82, 2.24) is 0 Å². The summed E-state index contributed by atoms with van der Waals surface area (Å²) in [4.78, 5) is 0. The quantitative estimate of drug-likeness (QED) is 0.276. The van der Waals surface area contributed by atoms with Crippen LogP contribution in [0.2, 0.25) is 0 Å². The molecule has 0 atom stereocenters. The van der Waals surface area contributed by atoms with Crippen LogP contribution in [0.25, 0.3) is 0 Å². The Morgan fingerprint density at radius 2 is 1.00 bits per heavy atom. The van der Waals surface area contributed by atoms with Crippen molar-refractivity contribution in [2.75, 3.05) is 0 Å². The molecule has 0 aliphatic carbocycles. The van der Waals surface area contributed by atoms with Crippen LogP contribution in [0.15, 0.2) is 6.07 Å². The number of benzene rings is 1. The van der Waals surface area contributed by atoms with Crippen molar-refractivity contribution in [2.24, 2.45) is 0 Å². The number of hydrogen-bond donors (Lipinski definition) is 0. The van der Waals surface area contributed by atoms with Crippen molar-refractivity contribution in [2.45, 2.75) is 0 Å². The molecule has 0 heterocycles. The molecule has 1 aromatic carbocycles. The predicted molar refractivity (Wildman–Crippen MR) is 26.2 cm³/mol. The second kappa shape index (κ2) is 3.85. The normalized spacial score (nSPS) is 9.42. The summed E-state index contributed by atoms with van der Waals surface area (Å²) < 4.78 is 60.0. The molecule has 0 radical (unpaired) electrons. The molecular formula is C6HF5Ni. The summed E-state index contributed by atoms with van der Waals surface area (Å²) in [6.45, 7) is 0. The van der Waals surface area contributed by atoms with E-state index in [9.17, 15) is 22.0 Å². The first-order valence-corrected chi connectivity index (χ1v) is 2.52. The van der Waals surface area contributed by atoms with E-state index in [0.717, 1.165) is 0 Å². The van der Waals surface area contributed by atoms with Gasteiger partial charge in [-0.25, -0.2) is 22.0 Å². The van der Waals surface area contributed by atoms with Crippen molar-refractivity contribution >= 4 is 0 Å². The van der Waals surface area contributed by atoms with E-state index >= 15 is 0 Å². The molecule has 0 aliphatic rings. The third-order valence-electron chi connectivity index (χ3n) is 1.06. The van der Waals surface area contributed by atoms with E-state index in [0.29, 0.717) is 0 Å². The Hall–Kier alpha value is -0.636. The van der Waals surface area contributed by atoms with Crippen LogP contribution in [0.3, 0.4) is 0 Å². The van der Waals surface area contributed by atoms with Gasteiger partial charge in [-0.3, -0.25) is 0 Å². The molecule has 0 amide bonds. The van der Waals surface area contributed by atoms with Crippen molar-refractivity contribution in [1.29, 1.82) is 0 Å². The summed E-state index contributed by atoms with van der Waals surface area (Å²) >= 11 is 0. The molecule has 6 heteroatoms. The summed E-state index contributed by atoms with van der Waals surface area (Å²) in [5.74, 6) is -9.65. The summed E-state index contributed by atoms with van der Waals surface area (Å²) in [7, 11) is 0. The molecule has 0 spiro atoms. The van der Waals surface area contributed by atoms with Crippen LogP contribution in [0.1, 0.15) is 0 Å². The van der Waals surface area contributed by atoms with Gasteiger partial charge in [0.05, 0.1) is 0 Å². The predicted octanol–water partition coefficient (Wildman–Crippen LogP) is 2.38. The maximum absolute atomic E-state index is 12.0. The molecular weight excluding hydrogens is 226 g/mol. The SMILES string of the molecule is Fc1cc(F)c(F)c(F)c1F.[Ni]. The van der Waals surface area contributed by atoms with Crippen LogP contribution < -0.4 is 0 Å². The fraction of sp³-hybridized carbons (Fsp3) is 0. The first kappa shape index (κ1) is 11.4. The minimum Gasteiger partial charge on any atom is -0.204 e. The second-order valence-corrected chi connectivity index (χ2v) is 1.78. The fourth-order valence-corrected chi connectivity index (χ4v) is 0.544. The van der Waals surface area contributed by atoms with Gasteiger partial charge >= 0.3 is 0 Å². The van der Waals surface area contributed by atoms with Crippen molar-refractivity contribution in [3.63, 3.8) is 0 Å². The largest absolute Gasteiger partial charge is 0.204 e. The summed E-state index contributed by atoms with van der Waals surface area (Å²) in [5, 5.41) is 0. The minimum atomic E-state index is -2.14. The zero-order valence-corrected chi connectivity index (χ0v) is 6.27. The van der Waals surface area contributed by atoms with Gasteiger partial charge in [0.25, 0.3) is 0 Å². The van der Waals surface area contributed by atoms with Gasteiger partial charge in [-0.05, 0) is 0 Å². The monoisotopic (exact) mass is 226 g/mol. The van der Waals surface area contributed by atoms with E-state index in [-0.39, 0.29) is 22.6 Å². The molecule has 0 aromatic heterocycles. The Balaban J connectivity index is 0.00000121. The molecule has 0 N–H and O–H groups in total. The average Bonchev–Trinajstić information content (AvgIpc) is 1.97. The zero-order valence-electron chi connectivity index (χ0n) is 5.28. The number of hydrogen-bond acceptors (Lipinski definition) is 0. The molecule has 1 aromatic rings.